The lowest BCUT2D eigenvalue weighted by Gasteiger charge is -2.27. The van der Waals surface area contributed by atoms with E-state index < -0.39 is 11.9 Å². The van der Waals surface area contributed by atoms with Crippen LogP contribution in [0.1, 0.15) is 39.5 Å². The molecule has 6 heteroatoms. The SMILES string of the molecule is CCCCC(C)C(C(=O)O)=C(CCN1CCOCC1)C(=O)O. The molecule has 0 bridgehead atoms. The van der Waals surface area contributed by atoms with Gasteiger partial charge in [-0.15, -0.1) is 0 Å². The standard InChI is InChI=1S/C16H27NO5/c1-3-4-5-12(2)14(16(20)21)13(15(18)19)6-7-17-8-10-22-11-9-17/h12H,3-11H2,1-2H3,(H,18,19)(H,20,21). The molecular formula is C16H27NO5. The number of unbranched alkanes of at least 4 members (excludes halogenated alkanes) is 1. The summed E-state index contributed by atoms with van der Waals surface area (Å²) in [7, 11) is 0. The first-order valence-electron chi connectivity index (χ1n) is 7.97. The molecule has 0 saturated carbocycles. The molecule has 1 fully saturated rings. The molecule has 1 aliphatic heterocycles. The molecular weight excluding hydrogens is 286 g/mol. The summed E-state index contributed by atoms with van der Waals surface area (Å²) in [5.74, 6) is -2.47. The van der Waals surface area contributed by atoms with Crippen LogP contribution >= 0.6 is 0 Å². The first-order chi connectivity index (χ1) is 10.5. The van der Waals surface area contributed by atoms with E-state index in [1.165, 1.54) is 0 Å². The maximum Gasteiger partial charge on any atom is 0.332 e. The summed E-state index contributed by atoms with van der Waals surface area (Å²) in [6.45, 7) is 7.21. The monoisotopic (exact) mass is 313 g/mol. The van der Waals surface area contributed by atoms with Crippen molar-refractivity contribution < 1.29 is 24.5 Å². The Labute approximate surface area is 131 Å². The molecule has 6 nitrogen and oxygen atoms in total. The molecule has 1 saturated heterocycles. The van der Waals surface area contributed by atoms with Crippen LogP contribution in [0.5, 0.6) is 0 Å². The van der Waals surface area contributed by atoms with Gasteiger partial charge in [-0.2, -0.15) is 0 Å². The minimum atomic E-state index is -1.12. The summed E-state index contributed by atoms with van der Waals surface area (Å²) >= 11 is 0. The van der Waals surface area contributed by atoms with Crippen LogP contribution in [0.4, 0.5) is 0 Å². The minimum Gasteiger partial charge on any atom is -0.478 e. The molecule has 0 aromatic carbocycles. The van der Waals surface area contributed by atoms with Crippen molar-refractivity contribution in [1.29, 1.82) is 0 Å². The smallest absolute Gasteiger partial charge is 0.332 e. The van der Waals surface area contributed by atoms with Crippen molar-refractivity contribution in [2.24, 2.45) is 5.92 Å². The third-order valence-corrected chi connectivity index (χ3v) is 4.08. The number of hydrogen-bond donors (Lipinski definition) is 2. The van der Waals surface area contributed by atoms with Gasteiger partial charge >= 0.3 is 11.9 Å². The topological polar surface area (TPSA) is 87.1 Å². The quantitative estimate of drug-likeness (QED) is 0.633. The van der Waals surface area contributed by atoms with Gasteiger partial charge in [0.15, 0.2) is 0 Å². The highest BCUT2D eigenvalue weighted by Crippen LogP contribution is 2.24. The number of rotatable bonds is 9. The zero-order chi connectivity index (χ0) is 16.5. The van der Waals surface area contributed by atoms with E-state index in [1.54, 1.807) is 6.92 Å². The number of morpholine rings is 1. The number of nitrogens with zero attached hydrogens (tertiary/aromatic N) is 1. The summed E-state index contributed by atoms with van der Waals surface area (Å²) in [6, 6.07) is 0. The van der Waals surface area contributed by atoms with Gasteiger partial charge in [0.25, 0.3) is 0 Å². The largest absolute Gasteiger partial charge is 0.478 e. The van der Waals surface area contributed by atoms with E-state index in [0.29, 0.717) is 26.2 Å². The second kappa shape index (κ2) is 9.58. The molecule has 1 rings (SSSR count). The zero-order valence-corrected chi connectivity index (χ0v) is 13.5. The van der Waals surface area contributed by atoms with Gasteiger partial charge in [0.05, 0.1) is 18.8 Å². The fourth-order valence-corrected chi connectivity index (χ4v) is 2.74. The number of carbonyl (C=O) groups is 2. The van der Waals surface area contributed by atoms with Crippen LogP contribution in [-0.2, 0) is 14.3 Å². The fraction of sp³-hybridized carbons (Fsp3) is 0.750. The van der Waals surface area contributed by atoms with Gasteiger partial charge in [0.1, 0.15) is 0 Å². The van der Waals surface area contributed by atoms with Gasteiger partial charge in [0.2, 0.25) is 0 Å². The Morgan fingerprint density at radius 3 is 2.32 bits per heavy atom. The number of aliphatic carboxylic acids is 2. The third-order valence-electron chi connectivity index (χ3n) is 4.08. The Morgan fingerprint density at radius 2 is 1.82 bits per heavy atom. The molecule has 0 aromatic rings. The van der Waals surface area contributed by atoms with Gasteiger partial charge in [-0.1, -0.05) is 26.7 Å². The highest BCUT2D eigenvalue weighted by atomic mass is 16.5. The second-order valence-corrected chi connectivity index (χ2v) is 5.75. The number of carboxylic acid groups (broad SMARTS) is 2. The van der Waals surface area contributed by atoms with E-state index in [4.69, 9.17) is 4.74 Å². The van der Waals surface area contributed by atoms with Crippen LogP contribution in [-0.4, -0.2) is 59.9 Å². The maximum atomic E-state index is 11.5. The lowest BCUT2D eigenvalue weighted by atomic mass is 9.90. The lowest BCUT2D eigenvalue weighted by Crippen LogP contribution is -2.37. The number of hydrogen-bond acceptors (Lipinski definition) is 4. The fourth-order valence-electron chi connectivity index (χ4n) is 2.74. The van der Waals surface area contributed by atoms with Crippen molar-refractivity contribution in [2.75, 3.05) is 32.8 Å². The van der Waals surface area contributed by atoms with E-state index in [9.17, 15) is 19.8 Å². The Balaban J connectivity index is 2.84. The van der Waals surface area contributed by atoms with Crippen molar-refractivity contribution in [2.45, 2.75) is 39.5 Å². The summed E-state index contributed by atoms with van der Waals surface area (Å²) in [5, 5.41) is 18.9. The van der Waals surface area contributed by atoms with Crippen LogP contribution < -0.4 is 0 Å². The molecule has 1 unspecified atom stereocenters. The molecule has 126 valence electrons. The second-order valence-electron chi connectivity index (χ2n) is 5.75. The van der Waals surface area contributed by atoms with Gasteiger partial charge in [0, 0.05) is 25.2 Å². The normalized spacial score (nSPS) is 18.6. The van der Waals surface area contributed by atoms with E-state index in [-0.39, 0.29) is 23.5 Å². The maximum absolute atomic E-state index is 11.5. The van der Waals surface area contributed by atoms with Gasteiger partial charge in [-0.3, -0.25) is 4.90 Å². The van der Waals surface area contributed by atoms with Gasteiger partial charge in [-0.25, -0.2) is 9.59 Å². The zero-order valence-electron chi connectivity index (χ0n) is 13.5. The minimum absolute atomic E-state index is 0.0441. The summed E-state index contributed by atoms with van der Waals surface area (Å²) in [4.78, 5) is 25.2. The molecule has 2 N–H and O–H groups in total. The Bertz CT molecular complexity index is 413. The molecule has 22 heavy (non-hydrogen) atoms. The molecule has 0 radical (unpaired) electrons. The van der Waals surface area contributed by atoms with Crippen LogP contribution in [0.2, 0.25) is 0 Å². The lowest BCUT2D eigenvalue weighted by molar-refractivity contribution is -0.136. The van der Waals surface area contributed by atoms with E-state index >= 15 is 0 Å². The highest BCUT2D eigenvalue weighted by molar-refractivity contribution is 5.99. The summed E-state index contributed by atoms with van der Waals surface area (Å²) in [5.41, 5.74) is 0.108. The molecule has 0 spiro atoms. The van der Waals surface area contributed by atoms with E-state index in [0.717, 1.165) is 25.9 Å². The average Bonchev–Trinajstić information content (AvgIpc) is 2.49. The summed E-state index contributed by atoms with van der Waals surface area (Å²) in [6.07, 6.45) is 2.82. The van der Waals surface area contributed by atoms with Crippen molar-refractivity contribution in [3.63, 3.8) is 0 Å². The molecule has 0 aliphatic carbocycles. The first kappa shape index (κ1) is 18.6. The third kappa shape index (κ3) is 5.77. The van der Waals surface area contributed by atoms with Gasteiger partial charge in [-0.05, 0) is 18.8 Å². The molecule has 1 atom stereocenters. The van der Waals surface area contributed by atoms with Crippen LogP contribution in [0.25, 0.3) is 0 Å². The highest BCUT2D eigenvalue weighted by Gasteiger charge is 2.25. The van der Waals surface area contributed by atoms with Crippen molar-refractivity contribution in [3.8, 4) is 0 Å². The Morgan fingerprint density at radius 1 is 1.18 bits per heavy atom. The molecule has 1 aliphatic rings. The average molecular weight is 313 g/mol. The number of carboxylic acids is 2. The predicted molar refractivity (Wildman–Crippen MR) is 82.9 cm³/mol. The molecule has 1 heterocycles. The molecule has 0 amide bonds. The van der Waals surface area contributed by atoms with Crippen molar-refractivity contribution in [3.05, 3.63) is 11.1 Å². The molecule has 0 aromatic heterocycles. The van der Waals surface area contributed by atoms with Crippen molar-refractivity contribution in [1.82, 2.24) is 4.90 Å². The summed E-state index contributed by atoms with van der Waals surface area (Å²) < 4.78 is 5.26. The van der Waals surface area contributed by atoms with Crippen LogP contribution in [0, 0.1) is 5.92 Å². The first-order valence-corrected chi connectivity index (χ1v) is 7.97. The Hall–Kier alpha value is -1.40. The predicted octanol–water partition coefficient (Wildman–Crippen LogP) is 2.00. The van der Waals surface area contributed by atoms with E-state index in [1.807, 2.05) is 6.92 Å². The Kier molecular flexibility index (Phi) is 8.12. The van der Waals surface area contributed by atoms with Crippen LogP contribution in [0.3, 0.4) is 0 Å². The van der Waals surface area contributed by atoms with E-state index in [2.05, 4.69) is 4.90 Å². The van der Waals surface area contributed by atoms with Gasteiger partial charge < -0.3 is 14.9 Å². The van der Waals surface area contributed by atoms with Crippen molar-refractivity contribution >= 4 is 11.9 Å². The van der Waals surface area contributed by atoms with Crippen LogP contribution in [0.15, 0.2) is 11.1 Å². The number of ether oxygens (including phenoxy) is 1.